The summed E-state index contributed by atoms with van der Waals surface area (Å²) in [6, 6.07) is 5.70. The van der Waals surface area contributed by atoms with E-state index < -0.39 is 0 Å². The maximum Gasteiger partial charge on any atom is 0.227 e. The van der Waals surface area contributed by atoms with Crippen LogP contribution in [-0.2, 0) is 24.8 Å². The van der Waals surface area contributed by atoms with Crippen LogP contribution in [0.2, 0.25) is 0 Å². The standard InChI is InChI=1S/C19H23N7O/c1-24-17(14-26-10-4-8-21-26)22-23-19(24)16-6-3-9-25(13-16)18(27)11-15-5-2-7-20-12-15/h2,4-5,7-8,10,12,16H,3,6,9,11,13-14H2,1H3/t16-/m1/s1. The Balaban J connectivity index is 1.44. The van der Waals surface area contributed by atoms with E-state index in [0.29, 0.717) is 19.5 Å². The van der Waals surface area contributed by atoms with Crippen molar-refractivity contribution in [1.29, 1.82) is 0 Å². The van der Waals surface area contributed by atoms with Gasteiger partial charge >= 0.3 is 0 Å². The van der Waals surface area contributed by atoms with Gasteiger partial charge in [-0.25, -0.2) is 0 Å². The molecule has 3 aromatic heterocycles. The molecular formula is C19H23N7O. The number of likely N-dealkylation sites (tertiary alicyclic amines) is 1. The van der Waals surface area contributed by atoms with E-state index in [1.165, 1.54) is 0 Å². The molecule has 4 heterocycles. The van der Waals surface area contributed by atoms with Crippen LogP contribution in [-0.4, -0.2) is 53.4 Å². The Morgan fingerprint density at radius 1 is 1.26 bits per heavy atom. The first kappa shape index (κ1) is 17.4. The molecular weight excluding hydrogens is 342 g/mol. The van der Waals surface area contributed by atoms with Gasteiger partial charge in [0, 0.05) is 50.8 Å². The molecule has 1 atom stereocenters. The van der Waals surface area contributed by atoms with E-state index in [1.807, 2.05) is 45.6 Å². The van der Waals surface area contributed by atoms with Crippen molar-refractivity contribution in [2.75, 3.05) is 13.1 Å². The van der Waals surface area contributed by atoms with Crippen molar-refractivity contribution < 1.29 is 4.79 Å². The fourth-order valence-electron chi connectivity index (χ4n) is 3.61. The van der Waals surface area contributed by atoms with Crippen LogP contribution >= 0.6 is 0 Å². The van der Waals surface area contributed by atoms with Crippen LogP contribution in [0, 0.1) is 0 Å². The van der Waals surface area contributed by atoms with E-state index in [-0.39, 0.29) is 11.8 Å². The Labute approximate surface area is 157 Å². The summed E-state index contributed by atoms with van der Waals surface area (Å²) in [6.07, 6.45) is 9.53. The quantitative estimate of drug-likeness (QED) is 0.683. The summed E-state index contributed by atoms with van der Waals surface area (Å²) in [5.41, 5.74) is 0.949. The van der Waals surface area contributed by atoms with Gasteiger partial charge in [0.15, 0.2) is 5.82 Å². The minimum Gasteiger partial charge on any atom is -0.342 e. The molecule has 0 aliphatic carbocycles. The molecule has 0 bridgehead atoms. The molecule has 1 aliphatic rings. The van der Waals surface area contributed by atoms with Gasteiger partial charge in [-0.2, -0.15) is 5.10 Å². The third-order valence-electron chi connectivity index (χ3n) is 5.08. The van der Waals surface area contributed by atoms with Crippen molar-refractivity contribution in [1.82, 2.24) is 34.4 Å². The van der Waals surface area contributed by atoms with Crippen LogP contribution in [0.5, 0.6) is 0 Å². The van der Waals surface area contributed by atoms with Gasteiger partial charge in [0.1, 0.15) is 12.4 Å². The van der Waals surface area contributed by atoms with Gasteiger partial charge in [-0.05, 0) is 30.5 Å². The molecule has 140 valence electrons. The smallest absolute Gasteiger partial charge is 0.227 e. The first-order valence-electron chi connectivity index (χ1n) is 9.23. The van der Waals surface area contributed by atoms with Crippen molar-refractivity contribution in [2.45, 2.75) is 31.7 Å². The van der Waals surface area contributed by atoms with Gasteiger partial charge in [0.25, 0.3) is 0 Å². The summed E-state index contributed by atoms with van der Waals surface area (Å²) in [5, 5.41) is 13.0. The van der Waals surface area contributed by atoms with Crippen LogP contribution in [0.25, 0.3) is 0 Å². The van der Waals surface area contributed by atoms with Gasteiger partial charge in [-0.3, -0.25) is 14.5 Å². The van der Waals surface area contributed by atoms with Gasteiger partial charge in [-0.1, -0.05) is 6.07 Å². The number of aromatic nitrogens is 6. The van der Waals surface area contributed by atoms with Gasteiger partial charge in [-0.15, -0.1) is 10.2 Å². The van der Waals surface area contributed by atoms with Crippen molar-refractivity contribution in [3.8, 4) is 0 Å². The lowest BCUT2D eigenvalue weighted by Crippen LogP contribution is -2.40. The number of nitrogens with zero attached hydrogens (tertiary/aromatic N) is 7. The molecule has 3 aromatic rings. The van der Waals surface area contributed by atoms with Gasteiger partial charge in [0.2, 0.25) is 5.91 Å². The predicted octanol–water partition coefficient (Wildman–Crippen LogP) is 1.40. The molecule has 0 spiro atoms. The number of amides is 1. The summed E-state index contributed by atoms with van der Waals surface area (Å²) in [5.74, 6) is 2.16. The molecule has 0 unspecified atom stereocenters. The molecule has 0 radical (unpaired) electrons. The van der Waals surface area contributed by atoms with E-state index in [4.69, 9.17) is 0 Å². The highest BCUT2D eigenvalue weighted by Gasteiger charge is 2.28. The maximum atomic E-state index is 12.7. The molecule has 4 rings (SSSR count). The number of piperidine rings is 1. The van der Waals surface area contributed by atoms with E-state index in [2.05, 4.69) is 20.3 Å². The average Bonchev–Trinajstić information content (AvgIpc) is 3.33. The van der Waals surface area contributed by atoms with Gasteiger partial charge < -0.3 is 9.47 Å². The fourth-order valence-corrected chi connectivity index (χ4v) is 3.61. The highest BCUT2D eigenvalue weighted by atomic mass is 16.2. The monoisotopic (exact) mass is 365 g/mol. The highest BCUT2D eigenvalue weighted by molar-refractivity contribution is 5.78. The second-order valence-corrected chi connectivity index (χ2v) is 6.95. The highest BCUT2D eigenvalue weighted by Crippen LogP contribution is 2.26. The van der Waals surface area contributed by atoms with Crippen LogP contribution in [0.1, 0.15) is 36.0 Å². The van der Waals surface area contributed by atoms with Crippen LogP contribution < -0.4 is 0 Å². The number of carbonyl (C=O) groups is 1. The predicted molar refractivity (Wildman–Crippen MR) is 98.8 cm³/mol. The SMILES string of the molecule is Cn1c(Cn2cccn2)nnc1[C@@H]1CCCN(C(=O)Cc2cccnc2)C1. The number of carbonyl (C=O) groups excluding carboxylic acids is 1. The lowest BCUT2D eigenvalue weighted by Gasteiger charge is -2.32. The molecule has 27 heavy (non-hydrogen) atoms. The minimum absolute atomic E-state index is 0.145. The lowest BCUT2D eigenvalue weighted by molar-refractivity contribution is -0.131. The Morgan fingerprint density at radius 2 is 2.19 bits per heavy atom. The molecule has 1 amide bonds. The summed E-state index contributed by atoms with van der Waals surface area (Å²) in [7, 11) is 1.99. The summed E-state index contributed by atoms with van der Waals surface area (Å²) < 4.78 is 3.87. The zero-order chi connectivity index (χ0) is 18.6. The first-order chi connectivity index (χ1) is 13.2. The molecule has 0 N–H and O–H groups in total. The number of hydrogen-bond acceptors (Lipinski definition) is 5. The average molecular weight is 365 g/mol. The lowest BCUT2D eigenvalue weighted by atomic mass is 9.96. The van der Waals surface area contributed by atoms with Crippen molar-refractivity contribution in [3.05, 3.63) is 60.2 Å². The van der Waals surface area contributed by atoms with Gasteiger partial charge in [0.05, 0.1) is 6.42 Å². The number of rotatable bonds is 5. The van der Waals surface area contributed by atoms with E-state index in [1.54, 1.807) is 18.6 Å². The fraction of sp³-hybridized carbons (Fsp3) is 0.421. The molecule has 0 saturated carbocycles. The zero-order valence-corrected chi connectivity index (χ0v) is 15.4. The van der Waals surface area contributed by atoms with Crippen molar-refractivity contribution >= 4 is 5.91 Å². The molecule has 8 nitrogen and oxygen atoms in total. The molecule has 1 fully saturated rings. The Hall–Kier alpha value is -3.03. The van der Waals surface area contributed by atoms with E-state index >= 15 is 0 Å². The largest absolute Gasteiger partial charge is 0.342 e. The Morgan fingerprint density at radius 3 is 2.96 bits per heavy atom. The third kappa shape index (κ3) is 3.89. The normalized spacial score (nSPS) is 17.2. The molecule has 1 aliphatic heterocycles. The topological polar surface area (TPSA) is 81.7 Å². The van der Waals surface area contributed by atoms with Crippen LogP contribution in [0.3, 0.4) is 0 Å². The number of hydrogen-bond donors (Lipinski definition) is 0. The molecule has 8 heteroatoms. The van der Waals surface area contributed by atoms with Crippen LogP contribution in [0.4, 0.5) is 0 Å². The zero-order valence-electron chi connectivity index (χ0n) is 15.4. The van der Waals surface area contributed by atoms with Crippen LogP contribution in [0.15, 0.2) is 43.0 Å². The summed E-state index contributed by atoms with van der Waals surface area (Å²) >= 11 is 0. The van der Waals surface area contributed by atoms with E-state index in [9.17, 15) is 4.79 Å². The third-order valence-corrected chi connectivity index (χ3v) is 5.08. The second-order valence-electron chi connectivity index (χ2n) is 6.95. The second kappa shape index (κ2) is 7.69. The first-order valence-corrected chi connectivity index (χ1v) is 9.23. The molecule has 1 saturated heterocycles. The summed E-state index contributed by atoms with van der Waals surface area (Å²) in [6.45, 7) is 2.08. The summed E-state index contributed by atoms with van der Waals surface area (Å²) in [4.78, 5) is 18.7. The maximum absolute atomic E-state index is 12.7. The Kier molecular flexibility index (Phi) is 4.95. The minimum atomic E-state index is 0.145. The molecule has 0 aromatic carbocycles. The van der Waals surface area contributed by atoms with Crippen molar-refractivity contribution in [3.63, 3.8) is 0 Å². The Bertz CT molecular complexity index is 888. The number of pyridine rings is 1. The van der Waals surface area contributed by atoms with Crippen molar-refractivity contribution in [2.24, 2.45) is 7.05 Å². The van der Waals surface area contributed by atoms with E-state index in [0.717, 1.165) is 36.6 Å².